The summed E-state index contributed by atoms with van der Waals surface area (Å²) in [7, 11) is 0. The average molecular weight is 311 g/mol. The van der Waals surface area contributed by atoms with Crippen LogP contribution in [0.1, 0.15) is 37.4 Å². The second-order valence-electron chi connectivity index (χ2n) is 4.71. The van der Waals surface area contributed by atoms with E-state index in [0.717, 1.165) is 10.0 Å². The van der Waals surface area contributed by atoms with Crippen molar-refractivity contribution in [2.24, 2.45) is 5.73 Å². The van der Waals surface area contributed by atoms with E-state index in [9.17, 15) is 4.79 Å². The molecule has 1 aromatic rings. The fourth-order valence-corrected chi connectivity index (χ4v) is 2.07. The van der Waals surface area contributed by atoms with E-state index in [-0.39, 0.29) is 6.42 Å². The summed E-state index contributed by atoms with van der Waals surface area (Å²) in [6, 6.07) is 7.06. The number of nitriles is 1. The third-order valence-corrected chi connectivity index (χ3v) is 3.20. The van der Waals surface area contributed by atoms with Gasteiger partial charge in [0.05, 0.1) is 17.9 Å². The molecule has 0 bridgehead atoms. The third kappa shape index (κ3) is 3.56. The standard InChI is InChI=1S/C13H15BrN2O2/c1-13(2,7-15)9-3-8(4-10(14)5-9)11(16)6-12(17)18/h3-5,11H,6,16H2,1-2H3,(H,17,18)/t11-/m0/s1. The Labute approximate surface area is 115 Å². The first-order valence-electron chi connectivity index (χ1n) is 5.46. The maximum atomic E-state index is 10.7. The Hall–Kier alpha value is -1.38. The molecule has 18 heavy (non-hydrogen) atoms. The number of rotatable bonds is 4. The van der Waals surface area contributed by atoms with Crippen LogP contribution in [-0.2, 0) is 10.2 Å². The van der Waals surface area contributed by atoms with Gasteiger partial charge in [-0.15, -0.1) is 0 Å². The van der Waals surface area contributed by atoms with Gasteiger partial charge in [0.1, 0.15) is 0 Å². The number of aliphatic carboxylic acids is 1. The van der Waals surface area contributed by atoms with E-state index >= 15 is 0 Å². The lowest BCUT2D eigenvalue weighted by Crippen LogP contribution is -2.18. The summed E-state index contributed by atoms with van der Waals surface area (Å²) in [5.41, 5.74) is 6.72. The fraction of sp³-hybridized carbons (Fsp3) is 0.385. The second-order valence-corrected chi connectivity index (χ2v) is 5.63. The van der Waals surface area contributed by atoms with Crippen molar-refractivity contribution >= 4 is 21.9 Å². The minimum absolute atomic E-state index is 0.136. The molecule has 1 rings (SSSR count). The molecular formula is C13H15BrN2O2. The largest absolute Gasteiger partial charge is 0.481 e. The Bertz CT molecular complexity index is 506. The van der Waals surface area contributed by atoms with Crippen LogP contribution in [0.3, 0.4) is 0 Å². The molecule has 4 nitrogen and oxygen atoms in total. The summed E-state index contributed by atoms with van der Waals surface area (Å²) >= 11 is 3.36. The molecule has 1 atom stereocenters. The Kier molecular flexibility index (Phi) is 4.49. The van der Waals surface area contributed by atoms with E-state index in [1.807, 2.05) is 6.07 Å². The van der Waals surface area contributed by atoms with Crippen LogP contribution in [0.25, 0.3) is 0 Å². The summed E-state index contributed by atoms with van der Waals surface area (Å²) in [4.78, 5) is 10.7. The van der Waals surface area contributed by atoms with Crippen molar-refractivity contribution in [1.29, 1.82) is 5.26 Å². The number of hydrogen-bond acceptors (Lipinski definition) is 3. The van der Waals surface area contributed by atoms with Crippen LogP contribution < -0.4 is 5.73 Å². The molecule has 0 aromatic heterocycles. The van der Waals surface area contributed by atoms with Gasteiger partial charge in [-0.1, -0.05) is 22.0 Å². The molecule has 0 fully saturated rings. The number of carboxylic acids is 1. The lowest BCUT2D eigenvalue weighted by atomic mass is 9.84. The summed E-state index contributed by atoms with van der Waals surface area (Å²) in [6.07, 6.45) is -0.136. The normalized spacial score (nSPS) is 12.8. The quantitative estimate of drug-likeness (QED) is 0.895. The fourth-order valence-electron chi connectivity index (χ4n) is 1.56. The molecule has 0 aliphatic heterocycles. The van der Waals surface area contributed by atoms with Gasteiger partial charge >= 0.3 is 5.97 Å². The highest BCUT2D eigenvalue weighted by Crippen LogP contribution is 2.29. The highest BCUT2D eigenvalue weighted by molar-refractivity contribution is 9.10. The van der Waals surface area contributed by atoms with E-state index in [0.29, 0.717) is 5.56 Å². The van der Waals surface area contributed by atoms with Crippen molar-refractivity contribution in [3.8, 4) is 6.07 Å². The second kappa shape index (κ2) is 5.51. The van der Waals surface area contributed by atoms with Crippen LogP contribution in [0.4, 0.5) is 0 Å². The molecule has 0 amide bonds. The van der Waals surface area contributed by atoms with Gasteiger partial charge in [-0.25, -0.2) is 0 Å². The SMILES string of the molecule is CC(C)(C#N)c1cc(Br)cc([C@@H](N)CC(=O)O)c1. The van der Waals surface area contributed by atoms with E-state index in [1.54, 1.807) is 26.0 Å². The van der Waals surface area contributed by atoms with Gasteiger partial charge in [0.15, 0.2) is 0 Å². The molecule has 5 heteroatoms. The van der Waals surface area contributed by atoms with Crippen LogP contribution in [0.2, 0.25) is 0 Å². The number of halogens is 1. The van der Waals surface area contributed by atoms with Gasteiger partial charge in [0.25, 0.3) is 0 Å². The van der Waals surface area contributed by atoms with Gasteiger partial charge in [-0.2, -0.15) is 5.26 Å². The molecule has 0 aliphatic rings. The lowest BCUT2D eigenvalue weighted by molar-refractivity contribution is -0.137. The molecule has 0 saturated heterocycles. The summed E-state index contributed by atoms with van der Waals surface area (Å²) < 4.78 is 0.791. The monoisotopic (exact) mass is 310 g/mol. The van der Waals surface area contributed by atoms with E-state index in [2.05, 4.69) is 22.0 Å². The number of nitrogens with two attached hydrogens (primary N) is 1. The summed E-state index contributed by atoms with van der Waals surface area (Å²) in [6.45, 7) is 3.61. The van der Waals surface area contributed by atoms with Gasteiger partial charge in [-0.3, -0.25) is 4.79 Å². The van der Waals surface area contributed by atoms with E-state index < -0.39 is 17.4 Å². The van der Waals surface area contributed by atoms with Gasteiger partial charge in [0.2, 0.25) is 0 Å². The minimum Gasteiger partial charge on any atom is -0.481 e. The first kappa shape index (κ1) is 14.7. The molecular weight excluding hydrogens is 296 g/mol. The molecule has 0 heterocycles. The molecule has 0 unspecified atom stereocenters. The van der Waals surface area contributed by atoms with Gasteiger partial charge in [-0.05, 0) is 37.1 Å². The van der Waals surface area contributed by atoms with Crippen molar-refractivity contribution in [2.75, 3.05) is 0 Å². The number of nitrogens with zero attached hydrogens (tertiary/aromatic N) is 1. The Morgan fingerprint density at radius 3 is 2.67 bits per heavy atom. The van der Waals surface area contributed by atoms with E-state index in [1.165, 1.54) is 0 Å². The van der Waals surface area contributed by atoms with Crippen LogP contribution in [0.15, 0.2) is 22.7 Å². The first-order chi connectivity index (χ1) is 8.26. The zero-order valence-corrected chi connectivity index (χ0v) is 11.9. The maximum Gasteiger partial charge on any atom is 0.305 e. The first-order valence-corrected chi connectivity index (χ1v) is 6.25. The van der Waals surface area contributed by atoms with Gasteiger partial charge in [0, 0.05) is 10.5 Å². The smallest absolute Gasteiger partial charge is 0.305 e. The predicted molar refractivity (Wildman–Crippen MR) is 72.0 cm³/mol. The van der Waals surface area contributed by atoms with Crippen molar-refractivity contribution < 1.29 is 9.90 Å². The van der Waals surface area contributed by atoms with Gasteiger partial charge < -0.3 is 10.8 Å². The average Bonchev–Trinajstić information content (AvgIpc) is 2.27. The number of benzene rings is 1. The molecule has 1 aromatic carbocycles. The van der Waals surface area contributed by atoms with Crippen LogP contribution >= 0.6 is 15.9 Å². The lowest BCUT2D eigenvalue weighted by Gasteiger charge is -2.19. The van der Waals surface area contributed by atoms with E-state index in [4.69, 9.17) is 16.1 Å². The highest BCUT2D eigenvalue weighted by atomic mass is 79.9. The summed E-state index contributed by atoms with van der Waals surface area (Å²) in [5, 5.41) is 17.9. The van der Waals surface area contributed by atoms with Crippen LogP contribution in [0, 0.1) is 11.3 Å². The highest BCUT2D eigenvalue weighted by Gasteiger charge is 2.22. The minimum atomic E-state index is -0.941. The molecule has 3 N–H and O–H groups in total. The number of carbonyl (C=O) groups is 1. The van der Waals surface area contributed by atoms with Crippen LogP contribution in [-0.4, -0.2) is 11.1 Å². The van der Waals surface area contributed by atoms with Crippen molar-refractivity contribution in [2.45, 2.75) is 31.7 Å². The molecule has 0 spiro atoms. The Morgan fingerprint density at radius 1 is 1.56 bits per heavy atom. The predicted octanol–water partition coefficient (Wildman–Crippen LogP) is 2.72. The topological polar surface area (TPSA) is 87.1 Å². The number of hydrogen-bond donors (Lipinski definition) is 2. The Balaban J connectivity index is 3.17. The zero-order chi connectivity index (χ0) is 13.9. The maximum absolute atomic E-state index is 10.7. The molecule has 0 saturated carbocycles. The van der Waals surface area contributed by atoms with Crippen molar-refractivity contribution in [3.05, 3.63) is 33.8 Å². The Morgan fingerprint density at radius 2 is 2.17 bits per heavy atom. The zero-order valence-electron chi connectivity index (χ0n) is 10.3. The molecule has 0 aliphatic carbocycles. The molecule has 0 radical (unpaired) electrons. The van der Waals surface area contributed by atoms with Crippen molar-refractivity contribution in [3.63, 3.8) is 0 Å². The van der Waals surface area contributed by atoms with Crippen LogP contribution in [0.5, 0.6) is 0 Å². The number of carboxylic acid groups (broad SMARTS) is 1. The third-order valence-electron chi connectivity index (χ3n) is 2.74. The summed E-state index contributed by atoms with van der Waals surface area (Å²) in [5.74, 6) is -0.941. The molecule has 96 valence electrons. The van der Waals surface area contributed by atoms with Crippen molar-refractivity contribution in [1.82, 2.24) is 0 Å².